The van der Waals surface area contributed by atoms with E-state index in [0.717, 1.165) is 12.0 Å². The zero-order chi connectivity index (χ0) is 13.2. The van der Waals surface area contributed by atoms with E-state index < -0.39 is 9.84 Å². The Morgan fingerprint density at radius 2 is 2.33 bits per heavy atom. The normalized spacial score (nSPS) is 22.1. The van der Waals surface area contributed by atoms with Gasteiger partial charge in [-0.05, 0) is 30.4 Å². The van der Waals surface area contributed by atoms with E-state index in [1.807, 2.05) is 6.07 Å². The summed E-state index contributed by atoms with van der Waals surface area (Å²) in [4.78, 5) is 4.05. The van der Waals surface area contributed by atoms with E-state index in [0.29, 0.717) is 12.0 Å². The Morgan fingerprint density at radius 3 is 2.94 bits per heavy atom. The van der Waals surface area contributed by atoms with Gasteiger partial charge in [0.2, 0.25) is 5.88 Å². The van der Waals surface area contributed by atoms with E-state index in [2.05, 4.69) is 4.98 Å². The van der Waals surface area contributed by atoms with E-state index in [4.69, 9.17) is 10.00 Å². The van der Waals surface area contributed by atoms with E-state index in [-0.39, 0.29) is 23.3 Å². The van der Waals surface area contributed by atoms with Crippen LogP contribution < -0.4 is 4.74 Å². The number of methoxy groups -OCH3 is 1. The Morgan fingerprint density at radius 1 is 1.56 bits per heavy atom. The molecule has 0 saturated carbocycles. The highest BCUT2D eigenvalue weighted by Crippen LogP contribution is 2.29. The molecule has 18 heavy (non-hydrogen) atoms. The third-order valence-electron chi connectivity index (χ3n) is 3.12. The van der Waals surface area contributed by atoms with Crippen LogP contribution in [0.1, 0.15) is 29.9 Å². The van der Waals surface area contributed by atoms with Crippen molar-refractivity contribution in [2.75, 3.05) is 18.6 Å². The fourth-order valence-electron chi connectivity index (χ4n) is 2.22. The highest BCUT2D eigenvalue weighted by molar-refractivity contribution is 7.91. The first-order valence-corrected chi connectivity index (χ1v) is 7.52. The molecule has 96 valence electrons. The van der Waals surface area contributed by atoms with Crippen molar-refractivity contribution in [3.8, 4) is 11.9 Å². The monoisotopic (exact) mass is 266 g/mol. The lowest BCUT2D eigenvalue weighted by atomic mass is 9.96. The number of rotatable bonds is 2. The Kier molecular flexibility index (Phi) is 3.53. The molecule has 0 N–H and O–H groups in total. The Balaban J connectivity index is 2.32. The molecule has 0 aliphatic carbocycles. The molecule has 0 bridgehead atoms. The van der Waals surface area contributed by atoms with Gasteiger partial charge in [0.15, 0.2) is 9.84 Å². The number of pyridine rings is 1. The van der Waals surface area contributed by atoms with Crippen molar-refractivity contribution in [1.29, 1.82) is 5.26 Å². The second kappa shape index (κ2) is 4.94. The fourth-order valence-corrected chi connectivity index (χ4v) is 3.97. The minimum absolute atomic E-state index is 0.0609. The largest absolute Gasteiger partial charge is 0.480 e. The second-order valence-corrected chi connectivity index (χ2v) is 6.62. The van der Waals surface area contributed by atoms with Gasteiger partial charge in [-0.25, -0.2) is 13.4 Å². The van der Waals surface area contributed by atoms with Crippen molar-refractivity contribution < 1.29 is 13.2 Å². The van der Waals surface area contributed by atoms with E-state index in [1.54, 1.807) is 12.3 Å². The maximum Gasteiger partial charge on any atom is 0.231 e. The number of hydrogen-bond acceptors (Lipinski definition) is 5. The summed E-state index contributed by atoms with van der Waals surface area (Å²) in [6.45, 7) is 0. The molecule has 1 saturated heterocycles. The number of ether oxygens (including phenoxy) is 1. The summed E-state index contributed by atoms with van der Waals surface area (Å²) in [6.07, 6.45) is 3.09. The Hall–Kier alpha value is -1.61. The summed E-state index contributed by atoms with van der Waals surface area (Å²) in [5, 5.41) is 8.99. The van der Waals surface area contributed by atoms with Gasteiger partial charge in [0, 0.05) is 6.20 Å². The molecule has 5 nitrogen and oxygen atoms in total. The molecule has 0 radical (unpaired) electrons. The average molecular weight is 266 g/mol. The molecule has 0 spiro atoms. The molecule has 1 aliphatic rings. The van der Waals surface area contributed by atoms with Crippen LogP contribution in [0.25, 0.3) is 0 Å². The molecular weight excluding hydrogens is 252 g/mol. The van der Waals surface area contributed by atoms with Gasteiger partial charge in [0.25, 0.3) is 0 Å². The number of nitriles is 1. The van der Waals surface area contributed by atoms with Crippen molar-refractivity contribution in [2.24, 2.45) is 0 Å². The van der Waals surface area contributed by atoms with Crippen molar-refractivity contribution in [3.05, 3.63) is 23.4 Å². The van der Waals surface area contributed by atoms with Gasteiger partial charge in [-0.2, -0.15) is 5.26 Å². The van der Waals surface area contributed by atoms with Crippen LogP contribution in [0.4, 0.5) is 0 Å². The van der Waals surface area contributed by atoms with Gasteiger partial charge in [-0.15, -0.1) is 0 Å². The Labute approximate surface area is 106 Å². The average Bonchev–Trinajstić information content (AvgIpc) is 2.36. The third kappa shape index (κ3) is 2.62. The minimum Gasteiger partial charge on any atom is -0.480 e. The molecule has 1 aliphatic heterocycles. The van der Waals surface area contributed by atoms with Crippen LogP contribution >= 0.6 is 0 Å². The molecule has 1 aromatic rings. The molecule has 1 unspecified atom stereocenters. The summed E-state index contributed by atoms with van der Waals surface area (Å²) in [7, 11) is -1.50. The zero-order valence-corrected chi connectivity index (χ0v) is 10.9. The highest BCUT2D eigenvalue weighted by Gasteiger charge is 2.26. The molecule has 0 aromatic carbocycles. The molecule has 1 atom stereocenters. The summed E-state index contributed by atoms with van der Waals surface area (Å²) in [5.74, 6) is 0.624. The standard InChI is InChI=1S/C12H14N2O3S/c1-17-12-10(6-13)5-11(7-14-12)9-3-2-4-18(15,16)8-9/h5,7,9H,2-4,8H2,1H3. The van der Waals surface area contributed by atoms with Crippen LogP contribution in [-0.2, 0) is 9.84 Å². The highest BCUT2D eigenvalue weighted by atomic mass is 32.2. The van der Waals surface area contributed by atoms with Crippen LogP contribution in [0.5, 0.6) is 5.88 Å². The topological polar surface area (TPSA) is 80.0 Å². The van der Waals surface area contributed by atoms with E-state index in [1.165, 1.54) is 7.11 Å². The van der Waals surface area contributed by atoms with Gasteiger partial charge in [0.1, 0.15) is 11.6 Å². The number of aromatic nitrogens is 1. The zero-order valence-electron chi connectivity index (χ0n) is 10.1. The lowest BCUT2D eigenvalue weighted by Gasteiger charge is -2.22. The SMILES string of the molecule is COc1ncc(C2CCCS(=O)(=O)C2)cc1C#N. The summed E-state index contributed by atoms with van der Waals surface area (Å²) >= 11 is 0. The van der Waals surface area contributed by atoms with Gasteiger partial charge < -0.3 is 4.74 Å². The van der Waals surface area contributed by atoms with Crippen LogP contribution in [0, 0.1) is 11.3 Å². The van der Waals surface area contributed by atoms with Crippen LogP contribution in [0.3, 0.4) is 0 Å². The fraction of sp³-hybridized carbons (Fsp3) is 0.500. The van der Waals surface area contributed by atoms with Gasteiger partial charge in [-0.3, -0.25) is 0 Å². The molecule has 2 heterocycles. The van der Waals surface area contributed by atoms with Crippen molar-refractivity contribution in [1.82, 2.24) is 4.98 Å². The lowest BCUT2D eigenvalue weighted by molar-refractivity contribution is 0.396. The first kappa shape index (κ1) is 12.8. The number of hydrogen-bond donors (Lipinski definition) is 0. The first-order chi connectivity index (χ1) is 8.55. The third-order valence-corrected chi connectivity index (χ3v) is 4.94. The van der Waals surface area contributed by atoms with Crippen LogP contribution in [0.15, 0.2) is 12.3 Å². The number of nitrogens with zero attached hydrogens (tertiary/aromatic N) is 2. The van der Waals surface area contributed by atoms with Crippen molar-refractivity contribution in [3.63, 3.8) is 0 Å². The quantitative estimate of drug-likeness (QED) is 0.805. The minimum atomic E-state index is -2.96. The van der Waals surface area contributed by atoms with Gasteiger partial charge >= 0.3 is 0 Å². The second-order valence-electron chi connectivity index (χ2n) is 4.39. The van der Waals surface area contributed by atoms with Gasteiger partial charge in [-0.1, -0.05) is 0 Å². The first-order valence-electron chi connectivity index (χ1n) is 5.70. The molecule has 1 fully saturated rings. The van der Waals surface area contributed by atoms with Crippen molar-refractivity contribution >= 4 is 9.84 Å². The van der Waals surface area contributed by atoms with Crippen molar-refractivity contribution in [2.45, 2.75) is 18.8 Å². The predicted molar refractivity (Wildman–Crippen MR) is 66.1 cm³/mol. The van der Waals surface area contributed by atoms with Crippen LogP contribution in [-0.4, -0.2) is 32.0 Å². The molecule has 6 heteroatoms. The smallest absolute Gasteiger partial charge is 0.231 e. The van der Waals surface area contributed by atoms with Gasteiger partial charge in [0.05, 0.1) is 18.6 Å². The van der Waals surface area contributed by atoms with E-state index in [9.17, 15) is 8.42 Å². The van der Waals surface area contributed by atoms with Crippen LogP contribution in [0.2, 0.25) is 0 Å². The predicted octanol–water partition coefficient (Wildman–Crippen LogP) is 1.25. The lowest BCUT2D eigenvalue weighted by Crippen LogP contribution is -2.23. The van der Waals surface area contributed by atoms with E-state index >= 15 is 0 Å². The molecule has 2 rings (SSSR count). The Bertz CT molecular complexity index is 590. The molecular formula is C12H14N2O3S. The summed E-state index contributed by atoms with van der Waals surface area (Å²) in [6, 6.07) is 3.69. The maximum atomic E-state index is 11.6. The summed E-state index contributed by atoms with van der Waals surface area (Å²) < 4.78 is 28.2. The maximum absolute atomic E-state index is 11.6. The number of sulfone groups is 1. The summed E-state index contributed by atoms with van der Waals surface area (Å²) in [5.41, 5.74) is 1.15. The molecule has 1 aromatic heterocycles. The molecule has 0 amide bonds.